The monoisotopic (exact) mass is 297 g/mol. The first-order chi connectivity index (χ1) is 9.04. The molecule has 0 fully saturated rings. The van der Waals surface area contributed by atoms with Gasteiger partial charge in [0.25, 0.3) is 0 Å². The van der Waals surface area contributed by atoms with Gasteiger partial charge in [0.2, 0.25) is 5.82 Å². The zero-order chi connectivity index (χ0) is 13.6. The molecule has 0 aliphatic heterocycles. The molecule has 2 heterocycles. The topological polar surface area (TPSA) is 60.4 Å². The molecule has 0 amide bonds. The first kappa shape index (κ1) is 12.1. The molecule has 0 saturated carbocycles. The lowest BCUT2D eigenvalue weighted by Gasteiger charge is -1.97. The highest BCUT2D eigenvalue weighted by atomic mass is 35.5. The summed E-state index contributed by atoms with van der Waals surface area (Å²) in [5, 5.41) is 10.7. The van der Waals surface area contributed by atoms with Crippen LogP contribution in [0, 0.1) is 15.9 Å². The quantitative estimate of drug-likeness (QED) is 0.534. The number of rotatable bonds is 2. The number of aromatic nitrogens is 2. The van der Waals surface area contributed by atoms with Gasteiger partial charge in [-0.3, -0.25) is 14.5 Å². The van der Waals surface area contributed by atoms with Crippen LogP contribution < -0.4 is 0 Å². The van der Waals surface area contributed by atoms with Crippen LogP contribution in [-0.2, 0) is 0 Å². The minimum Gasteiger partial charge on any atom is -0.296 e. The van der Waals surface area contributed by atoms with Crippen LogP contribution in [0.4, 0.5) is 10.1 Å². The van der Waals surface area contributed by atoms with Crippen molar-refractivity contribution in [3.8, 4) is 11.3 Å². The number of imidazole rings is 1. The van der Waals surface area contributed by atoms with E-state index in [1.165, 1.54) is 23.5 Å². The number of nitro groups is 1. The second-order valence-electron chi connectivity index (χ2n) is 3.77. The van der Waals surface area contributed by atoms with Gasteiger partial charge in [-0.1, -0.05) is 22.9 Å². The number of hydrogen-bond acceptors (Lipinski definition) is 4. The van der Waals surface area contributed by atoms with Crippen LogP contribution in [0.3, 0.4) is 0 Å². The van der Waals surface area contributed by atoms with E-state index in [2.05, 4.69) is 4.98 Å². The van der Waals surface area contributed by atoms with Gasteiger partial charge in [-0.2, -0.15) is 4.39 Å². The van der Waals surface area contributed by atoms with Gasteiger partial charge in [-0.05, 0) is 12.1 Å². The second kappa shape index (κ2) is 4.29. The number of fused-ring (bicyclic) bond motifs is 1. The summed E-state index contributed by atoms with van der Waals surface area (Å²) in [6, 6.07) is 3.69. The maximum absolute atomic E-state index is 13.3. The molecule has 3 rings (SSSR count). The van der Waals surface area contributed by atoms with E-state index in [0.29, 0.717) is 20.6 Å². The van der Waals surface area contributed by atoms with Crippen molar-refractivity contribution in [2.45, 2.75) is 0 Å². The van der Waals surface area contributed by atoms with Crippen molar-refractivity contribution in [1.82, 2.24) is 9.38 Å². The average Bonchev–Trinajstić information content (AvgIpc) is 2.86. The number of nitro benzene ring substituents is 1. The molecule has 3 aromatic rings. The summed E-state index contributed by atoms with van der Waals surface area (Å²) < 4.78 is 15.6. The van der Waals surface area contributed by atoms with E-state index in [0.717, 1.165) is 6.07 Å². The summed E-state index contributed by atoms with van der Waals surface area (Å²) in [5.74, 6) is -0.863. The van der Waals surface area contributed by atoms with E-state index in [1.54, 1.807) is 16.8 Å². The van der Waals surface area contributed by atoms with E-state index < -0.39 is 16.4 Å². The maximum Gasteiger partial charge on any atom is 0.305 e. The Hall–Kier alpha value is -1.99. The van der Waals surface area contributed by atoms with Crippen LogP contribution in [0.25, 0.3) is 16.2 Å². The normalized spacial score (nSPS) is 11.1. The molecule has 0 bridgehead atoms. The SMILES string of the molecule is O=[N+]([O-])c1cc(-c2cn3cc(Cl)sc3n2)ccc1F. The third-order valence-corrected chi connectivity index (χ3v) is 3.68. The number of benzene rings is 1. The summed E-state index contributed by atoms with van der Waals surface area (Å²) in [6.07, 6.45) is 3.38. The number of hydrogen-bond donors (Lipinski definition) is 0. The van der Waals surface area contributed by atoms with Gasteiger partial charge in [0.05, 0.1) is 10.6 Å². The zero-order valence-electron chi connectivity index (χ0n) is 9.21. The van der Waals surface area contributed by atoms with Gasteiger partial charge in [0.1, 0.15) is 4.34 Å². The Labute approximate surface area is 115 Å². The first-order valence-electron chi connectivity index (χ1n) is 5.13. The maximum atomic E-state index is 13.3. The molecule has 0 radical (unpaired) electrons. The molecular weight excluding hydrogens is 293 g/mol. The lowest BCUT2D eigenvalue weighted by molar-refractivity contribution is -0.387. The van der Waals surface area contributed by atoms with Crippen molar-refractivity contribution in [2.75, 3.05) is 0 Å². The molecule has 0 saturated heterocycles. The number of nitrogens with zero attached hydrogens (tertiary/aromatic N) is 3. The van der Waals surface area contributed by atoms with Crippen molar-refractivity contribution < 1.29 is 9.31 Å². The molecule has 96 valence electrons. The molecular formula is C11H5ClFN3O2S. The summed E-state index contributed by atoms with van der Waals surface area (Å²) >= 11 is 7.12. The summed E-state index contributed by atoms with van der Waals surface area (Å²) in [6.45, 7) is 0. The largest absolute Gasteiger partial charge is 0.305 e. The highest BCUT2D eigenvalue weighted by Gasteiger charge is 2.16. The summed E-state index contributed by atoms with van der Waals surface area (Å²) in [4.78, 5) is 14.9. The predicted octanol–water partition coefficient (Wildman–Crippen LogP) is 3.76. The van der Waals surface area contributed by atoms with Crippen molar-refractivity contribution in [3.63, 3.8) is 0 Å². The average molecular weight is 298 g/mol. The lowest BCUT2D eigenvalue weighted by Crippen LogP contribution is -1.92. The van der Waals surface area contributed by atoms with Crippen LogP contribution in [0.2, 0.25) is 4.34 Å². The Kier molecular flexibility index (Phi) is 2.72. The number of halogens is 2. The predicted molar refractivity (Wildman–Crippen MR) is 70.1 cm³/mol. The molecule has 2 aromatic heterocycles. The molecule has 5 nitrogen and oxygen atoms in total. The highest BCUT2D eigenvalue weighted by Crippen LogP contribution is 2.29. The van der Waals surface area contributed by atoms with Crippen molar-refractivity contribution in [3.05, 3.63) is 50.9 Å². The Morgan fingerprint density at radius 2 is 2.21 bits per heavy atom. The van der Waals surface area contributed by atoms with Gasteiger partial charge >= 0.3 is 5.69 Å². The molecule has 0 N–H and O–H groups in total. The van der Waals surface area contributed by atoms with Crippen LogP contribution in [0.15, 0.2) is 30.6 Å². The van der Waals surface area contributed by atoms with Gasteiger partial charge < -0.3 is 0 Å². The molecule has 0 atom stereocenters. The van der Waals surface area contributed by atoms with E-state index >= 15 is 0 Å². The smallest absolute Gasteiger partial charge is 0.296 e. The zero-order valence-corrected chi connectivity index (χ0v) is 10.8. The minimum absolute atomic E-state index is 0.486. The Bertz CT molecular complexity index is 767. The van der Waals surface area contributed by atoms with Crippen LogP contribution >= 0.6 is 22.9 Å². The van der Waals surface area contributed by atoms with Crippen molar-refractivity contribution in [1.29, 1.82) is 0 Å². The van der Waals surface area contributed by atoms with Gasteiger partial charge in [0.15, 0.2) is 4.96 Å². The van der Waals surface area contributed by atoms with Crippen molar-refractivity contribution >= 4 is 33.6 Å². The molecule has 1 aromatic carbocycles. The fourth-order valence-corrected chi connectivity index (χ4v) is 2.73. The fraction of sp³-hybridized carbons (Fsp3) is 0. The van der Waals surface area contributed by atoms with E-state index in [4.69, 9.17) is 11.6 Å². The molecule has 19 heavy (non-hydrogen) atoms. The lowest BCUT2D eigenvalue weighted by atomic mass is 10.1. The van der Waals surface area contributed by atoms with Crippen LogP contribution in [0.1, 0.15) is 0 Å². The minimum atomic E-state index is -0.863. The van der Waals surface area contributed by atoms with E-state index in [-0.39, 0.29) is 0 Å². The molecule has 8 heteroatoms. The summed E-state index contributed by atoms with van der Waals surface area (Å²) in [7, 11) is 0. The molecule has 0 unspecified atom stereocenters. The van der Waals surface area contributed by atoms with Gasteiger partial charge in [0, 0.05) is 24.0 Å². The Morgan fingerprint density at radius 1 is 1.42 bits per heavy atom. The third-order valence-electron chi connectivity index (χ3n) is 2.57. The van der Waals surface area contributed by atoms with Gasteiger partial charge in [-0.15, -0.1) is 0 Å². The Balaban J connectivity index is 2.12. The molecule has 0 spiro atoms. The molecule has 0 aliphatic carbocycles. The third kappa shape index (κ3) is 2.06. The Morgan fingerprint density at radius 3 is 2.89 bits per heavy atom. The molecule has 0 aliphatic rings. The van der Waals surface area contributed by atoms with E-state index in [9.17, 15) is 14.5 Å². The summed E-state index contributed by atoms with van der Waals surface area (Å²) in [5.41, 5.74) is 0.457. The number of thiazole rings is 1. The van der Waals surface area contributed by atoms with E-state index in [1.807, 2.05) is 0 Å². The second-order valence-corrected chi connectivity index (χ2v) is 5.41. The van der Waals surface area contributed by atoms with Gasteiger partial charge in [-0.25, -0.2) is 4.98 Å². The van der Waals surface area contributed by atoms with Crippen LogP contribution in [0.5, 0.6) is 0 Å². The highest BCUT2D eigenvalue weighted by molar-refractivity contribution is 7.20. The fourth-order valence-electron chi connectivity index (χ4n) is 1.72. The first-order valence-corrected chi connectivity index (χ1v) is 6.32. The van der Waals surface area contributed by atoms with Crippen molar-refractivity contribution in [2.24, 2.45) is 0 Å². The van der Waals surface area contributed by atoms with Crippen LogP contribution in [-0.4, -0.2) is 14.3 Å². The standard InChI is InChI=1S/C11H5ClFN3O2S/c12-10-5-15-4-8(14-11(15)19-10)6-1-2-7(13)9(3-6)16(17)18/h1-5H.